The molecular formula is C21H27N3O4. The van der Waals surface area contributed by atoms with Gasteiger partial charge in [0, 0.05) is 13.1 Å². The fourth-order valence-corrected chi connectivity index (χ4v) is 3.69. The van der Waals surface area contributed by atoms with Crippen LogP contribution in [-0.2, 0) is 11.2 Å². The van der Waals surface area contributed by atoms with Crippen molar-refractivity contribution in [3.8, 4) is 5.75 Å². The standard InChI is InChI=1S/C21H27N3O4/c1-14(2)17-7-8-19(23-22-17)24-10-9-18(25)21(13-24,20(26)27)12-15-5-4-6-16(11-15)28-3/h4-8,11,14,18,25H,9-10,12-13H2,1-3H3,(H,26,27)/t18-,21-/m1/s1. The SMILES string of the molecule is COc1cccc(C[C@@]2(C(=O)O)CN(c3ccc(C(C)C)nn3)CC[C@H]2O)c1. The normalized spacial score (nSPS) is 22.3. The van der Waals surface area contributed by atoms with Crippen molar-refractivity contribution < 1.29 is 19.7 Å². The van der Waals surface area contributed by atoms with Crippen LogP contribution in [0, 0.1) is 5.41 Å². The smallest absolute Gasteiger partial charge is 0.314 e. The molecule has 2 heterocycles. The zero-order valence-electron chi connectivity index (χ0n) is 16.5. The van der Waals surface area contributed by atoms with E-state index >= 15 is 0 Å². The third kappa shape index (κ3) is 3.94. The van der Waals surface area contributed by atoms with Crippen molar-refractivity contribution in [2.75, 3.05) is 25.1 Å². The van der Waals surface area contributed by atoms with E-state index < -0.39 is 17.5 Å². The van der Waals surface area contributed by atoms with Crippen LogP contribution in [0.3, 0.4) is 0 Å². The maximum absolute atomic E-state index is 12.3. The highest BCUT2D eigenvalue weighted by atomic mass is 16.5. The molecule has 0 aliphatic carbocycles. The summed E-state index contributed by atoms with van der Waals surface area (Å²) in [5.41, 5.74) is 0.369. The van der Waals surface area contributed by atoms with Gasteiger partial charge in [-0.05, 0) is 48.6 Å². The number of hydrogen-bond acceptors (Lipinski definition) is 6. The molecule has 1 saturated heterocycles. The lowest BCUT2D eigenvalue weighted by Crippen LogP contribution is -2.57. The number of aromatic nitrogens is 2. The molecule has 7 nitrogen and oxygen atoms in total. The Bertz CT molecular complexity index is 825. The summed E-state index contributed by atoms with van der Waals surface area (Å²) in [6.07, 6.45) is -0.395. The van der Waals surface area contributed by atoms with Gasteiger partial charge in [-0.25, -0.2) is 0 Å². The van der Waals surface area contributed by atoms with E-state index in [0.717, 1.165) is 11.3 Å². The van der Waals surface area contributed by atoms with Gasteiger partial charge in [0.05, 0.1) is 18.9 Å². The average molecular weight is 385 g/mol. The van der Waals surface area contributed by atoms with Crippen LogP contribution < -0.4 is 9.64 Å². The van der Waals surface area contributed by atoms with Gasteiger partial charge in [-0.1, -0.05) is 26.0 Å². The summed E-state index contributed by atoms with van der Waals surface area (Å²) in [5, 5.41) is 29.3. The Morgan fingerprint density at radius 1 is 1.32 bits per heavy atom. The van der Waals surface area contributed by atoms with Crippen LogP contribution in [-0.4, -0.2) is 52.7 Å². The van der Waals surface area contributed by atoms with Crippen LogP contribution in [0.2, 0.25) is 0 Å². The second-order valence-corrected chi connectivity index (χ2v) is 7.69. The summed E-state index contributed by atoms with van der Waals surface area (Å²) < 4.78 is 5.25. The van der Waals surface area contributed by atoms with Crippen molar-refractivity contribution >= 4 is 11.8 Å². The molecule has 0 amide bonds. The fourth-order valence-electron chi connectivity index (χ4n) is 3.69. The van der Waals surface area contributed by atoms with Crippen molar-refractivity contribution in [3.63, 3.8) is 0 Å². The number of carbonyl (C=O) groups is 1. The van der Waals surface area contributed by atoms with E-state index in [4.69, 9.17) is 4.74 Å². The molecule has 1 aliphatic rings. The highest BCUT2D eigenvalue weighted by molar-refractivity contribution is 5.77. The molecule has 1 aromatic carbocycles. The quantitative estimate of drug-likeness (QED) is 0.789. The third-order valence-corrected chi connectivity index (χ3v) is 5.45. The van der Waals surface area contributed by atoms with Gasteiger partial charge in [-0.15, -0.1) is 5.10 Å². The van der Waals surface area contributed by atoms with Crippen LogP contribution in [0.25, 0.3) is 0 Å². The number of aliphatic carboxylic acids is 1. The lowest BCUT2D eigenvalue weighted by atomic mass is 9.73. The second kappa shape index (κ2) is 8.14. The molecule has 7 heteroatoms. The summed E-state index contributed by atoms with van der Waals surface area (Å²) >= 11 is 0. The van der Waals surface area contributed by atoms with Gasteiger partial charge >= 0.3 is 5.97 Å². The molecule has 1 fully saturated rings. The Hall–Kier alpha value is -2.67. The molecular weight excluding hydrogens is 358 g/mol. The number of ether oxygens (including phenoxy) is 1. The third-order valence-electron chi connectivity index (χ3n) is 5.45. The van der Waals surface area contributed by atoms with Gasteiger partial charge in [0.1, 0.15) is 11.2 Å². The molecule has 0 radical (unpaired) electrons. The lowest BCUT2D eigenvalue weighted by molar-refractivity contribution is -0.157. The molecule has 0 spiro atoms. The average Bonchev–Trinajstić information content (AvgIpc) is 2.69. The number of benzene rings is 1. The van der Waals surface area contributed by atoms with Crippen molar-refractivity contribution in [2.24, 2.45) is 5.41 Å². The van der Waals surface area contributed by atoms with E-state index in [-0.39, 0.29) is 18.9 Å². The Morgan fingerprint density at radius 2 is 2.11 bits per heavy atom. The maximum atomic E-state index is 12.3. The molecule has 2 atom stereocenters. The van der Waals surface area contributed by atoms with Gasteiger partial charge in [-0.2, -0.15) is 5.10 Å². The number of aliphatic hydroxyl groups excluding tert-OH is 1. The summed E-state index contributed by atoms with van der Waals surface area (Å²) in [4.78, 5) is 14.2. The number of methoxy groups -OCH3 is 1. The first kappa shape index (κ1) is 20.1. The van der Waals surface area contributed by atoms with Gasteiger partial charge in [0.15, 0.2) is 5.82 Å². The minimum Gasteiger partial charge on any atom is -0.497 e. The Balaban J connectivity index is 1.89. The van der Waals surface area contributed by atoms with Gasteiger partial charge in [-0.3, -0.25) is 4.79 Å². The molecule has 0 unspecified atom stereocenters. The molecule has 2 N–H and O–H groups in total. The first-order valence-electron chi connectivity index (χ1n) is 9.48. The molecule has 3 rings (SSSR count). The van der Waals surface area contributed by atoms with Gasteiger partial charge in [0.25, 0.3) is 0 Å². The van der Waals surface area contributed by atoms with E-state index in [9.17, 15) is 15.0 Å². The molecule has 1 aromatic heterocycles. The van der Waals surface area contributed by atoms with Crippen molar-refractivity contribution in [1.82, 2.24) is 10.2 Å². The Morgan fingerprint density at radius 3 is 2.71 bits per heavy atom. The maximum Gasteiger partial charge on any atom is 0.314 e. The van der Waals surface area contributed by atoms with E-state index in [0.29, 0.717) is 24.5 Å². The molecule has 0 bridgehead atoms. The van der Waals surface area contributed by atoms with E-state index in [2.05, 4.69) is 10.2 Å². The second-order valence-electron chi connectivity index (χ2n) is 7.69. The molecule has 2 aromatic rings. The predicted molar refractivity (Wildman–Crippen MR) is 106 cm³/mol. The first-order chi connectivity index (χ1) is 13.4. The van der Waals surface area contributed by atoms with Crippen LogP contribution >= 0.6 is 0 Å². The number of piperidine rings is 1. The number of hydrogen-bond donors (Lipinski definition) is 2. The highest BCUT2D eigenvalue weighted by Crippen LogP contribution is 2.36. The van der Waals surface area contributed by atoms with Crippen LogP contribution in [0.5, 0.6) is 5.75 Å². The monoisotopic (exact) mass is 385 g/mol. The van der Waals surface area contributed by atoms with Crippen molar-refractivity contribution in [3.05, 3.63) is 47.7 Å². The van der Waals surface area contributed by atoms with Crippen molar-refractivity contribution in [1.29, 1.82) is 0 Å². The number of anilines is 1. The zero-order valence-corrected chi connectivity index (χ0v) is 16.5. The van der Waals surface area contributed by atoms with Crippen LogP contribution in [0.4, 0.5) is 5.82 Å². The van der Waals surface area contributed by atoms with Crippen molar-refractivity contribution in [2.45, 2.75) is 38.7 Å². The van der Waals surface area contributed by atoms with Gasteiger partial charge in [0.2, 0.25) is 0 Å². The number of aliphatic hydroxyl groups is 1. The van der Waals surface area contributed by atoms with E-state index in [1.807, 2.05) is 55.1 Å². The summed E-state index contributed by atoms with van der Waals surface area (Å²) in [6, 6.07) is 11.1. The number of carboxylic acids is 1. The number of nitrogens with zero attached hydrogens (tertiary/aromatic N) is 3. The number of rotatable bonds is 6. The Labute approximate surface area is 165 Å². The van der Waals surface area contributed by atoms with Crippen LogP contribution in [0.15, 0.2) is 36.4 Å². The van der Waals surface area contributed by atoms with Gasteiger partial charge < -0.3 is 19.8 Å². The minimum atomic E-state index is -1.33. The minimum absolute atomic E-state index is 0.163. The molecule has 28 heavy (non-hydrogen) atoms. The zero-order chi connectivity index (χ0) is 20.3. The molecule has 1 aliphatic heterocycles. The largest absolute Gasteiger partial charge is 0.497 e. The van der Waals surface area contributed by atoms with Crippen LogP contribution in [0.1, 0.15) is 37.4 Å². The number of carboxylic acid groups (broad SMARTS) is 1. The highest BCUT2D eigenvalue weighted by Gasteiger charge is 2.49. The first-order valence-corrected chi connectivity index (χ1v) is 9.48. The summed E-state index contributed by atoms with van der Waals surface area (Å²) in [6.45, 7) is 4.79. The molecule has 150 valence electrons. The van der Waals surface area contributed by atoms with E-state index in [1.165, 1.54) is 0 Å². The fraction of sp³-hybridized carbons (Fsp3) is 0.476. The lowest BCUT2D eigenvalue weighted by Gasteiger charge is -2.43. The topological polar surface area (TPSA) is 95.8 Å². The summed E-state index contributed by atoms with van der Waals surface area (Å²) in [7, 11) is 1.57. The molecule has 0 saturated carbocycles. The summed E-state index contributed by atoms with van der Waals surface area (Å²) in [5.74, 6) is 0.554. The Kier molecular flexibility index (Phi) is 5.84. The van der Waals surface area contributed by atoms with E-state index in [1.54, 1.807) is 7.11 Å². The predicted octanol–water partition coefficient (Wildman–Crippen LogP) is 2.49.